The molecule has 0 unspecified atom stereocenters. The first-order valence-electron chi connectivity index (χ1n) is 8.32. The quantitative estimate of drug-likeness (QED) is 0.313. The molecular formula is C19H18N4O2S3. The van der Waals surface area contributed by atoms with E-state index in [0.29, 0.717) is 5.75 Å². The maximum atomic E-state index is 12.0. The average Bonchev–Trinajstić information content (AvgIpc) is 3.20. The fourth-order valence-electron chi connectivity index (χ4n) is 2.14. The van der Waals surface area contributed by atoms with Crippen LogP contribution in [-0.4, -0.2) is 35.2 Å². The topological polar surface area (TPSA) is 76.5 Å². The zero-order valence-corrected chi connectivity index (χ0v) is 17.5. The van der Waals surface area contributed by atoms with Crippen LogP contribution in [0.3, 0.4) is 0 Å². The largest absolute Gasteiger partial charge is 0.496 e. The van der Waals surface area contributed by atoms with Crippen LogP contribution < -0.4 is 10.2 Å². The van der Waals surface area contributed by atoms with Gasteiger partial charge in [-0.2, -0.15) is 5.10 Å². The molecule has 0 fully saturated rings. The molecule has 0 bridgehead atoms. The van der Waals surface area contributed by atoms with E-state index in [2.05, 4.69) is 32.9 Å². The second-order valence-corrected chi connectivity index (χ2v) is 8.85. The van der Waals surface area contributed by atoms with Crippen molar-refractivity contribution in [1.29, 1.82) is 0 Å². The van der Waals surface area contributed by atoms with E-state index in [9.17, 15) is 4.79 Å². The molecule has 3 aromatic rings. The fraction of sp³-hybridized carbons (Fsp3) is 0.158. The molecule has 0 atom stereocenters. The number of hydrogen-bond donors (Lipinski definition) is 1. The van der Waals surface area contributed by atoms with Gasteiger partial charge in [0.25, 0.3) is 5.91 Å². The molecule has 0 spiro atoms. The van der Waals surface area contributed by atoms with E-state index < -0.39 is 0 Å². The third kappa shape index (κ3) is 6.36. The number of carbonyl (C=O) groups excluding carboxylic acids is 1. The molecule has 0 aliphatic heterocycles. The van der Waals surface area contributed by atoms with Gasteiger partial charge in [-0.05, 0) is 17.7 Å². The molecule has 2 aromatic carbocycles. The van der Waals surface area contributed by atoms with Crippen LogP contribution in [0.1, 0.15) is 11.1 Å². The Balaban J connectivity index is 1.42. The minimum atomic E-state index is -0.204. The zero-order chi connectivity index (χ0) is 19.6. The summed E-state index contributed by atoms with van der Waals surface area (Å²) in [6, 6.07) is 17.7. The van der Waals surface area contributed by atoms with Gasteiger partial charge >= 0.3 is 0 Å². The van der Waals surface area contributed by atoms with Crippen LogP contribution in [0.2, 0.25) is 0 Å². The molecule has 0 saturated heterocycles. The number of thioether (sulfide) groups is 2. The van der Waals surface area contributed by atoms with Gasteiger partial charge in [0.15, 0.2) is 8.68 Å². The smallest absolute Gasteiger partial charge is 0.250 e. The molecule has 144 valence electrons. The maximum Gasteiger partial charge on any atom is 0.250 e. The van der Waals surface area contributed by atoms with Crippen LogP contribution in [-0.2, 0) is 10.5 Å². The fourth-order valence-corrected chi connectivity index (χ4v) is 4.91. The molecule has 1 amide bonds. The molecule has 0 aliphatic carbocycles. The van der Waals surface area contributed by atoms with E-state index in [1.807, 2.05) is 42.5 Å². The molecule has 28 heavy (non-hydrogen) atoms. The molecule has 6 nitrogen and oxygen atoms in total. The predicted molar refractivity (Wildman–Crippen MR) is 115 cm³/mol. The Morgan fingerprint density at radius 3 is 2.61 bits per heavy atom. The van der Waals surface area contributed by atoms with Gasteiger partial charge in [-0.25, -0.2) is 5.43 Å². The van der Waals surface area contributed by atoms with Crippen molar-refractivity contribution in [3.63, 3.8) is 0 Å². The highest BCUT2D eigenvalue weighted by Crippen LogP contribution is 2.30. The lowest BCUT2D eigenvalue weighted by Crippen LogP contribution is -2.19. The van der Waals surface area contributed by atoms with Crippen molar-refractivity contribution >= 4 is 47.0 Å². The minimum Gasteiger partial charge on any atom is -0.496 e. The van der Waals surface area contributed by atoms with Crippen molar-refractivity contribution in [3.8, 4) is 5.75 Å². The predicted octanol–water partition coefficient (Wildman–Crippen LogP) is 4.08. The summed E-state index contributed by atoms with van der Waals surface area (Å²) in [5, 5.41) is 12.3. The van der Waals surface area contributed by atoms with E-state index in [4.69, 9.17) is 4.74 Å². The average molecular weight is 431 g/mol. The SMILES string of the molecule is COc1ccccc1/C=N\NC(=O)CSc1nnc(SCc2ccccc2)s1. The zero-order valence-electron chi connectivity index (χ0n) is 15.1. The first-order chi connectivity index (χ1) is 13.7. The Hall–Kier alpha value is -2.36. The summed E-state index contributed by atoms with van der Waals surface area (Å²) >= 11 is 4.47. The number of aromatic nitrogens is 2. The molecule has 0 radical (unpaired) electrons. The van der Waals surface area contributed by atoms with Gasteiger partial charge in [0, 0.05) is 11.3 Å². The minimum absolute atomic E-state index is 0.204. The summed E-state index contributed by atoms with van der Waals surface area (Å²) < 4.78 is 6.89. The lowest BCUT2D eigenvalue weighted by molar-refractivity contribution is -0.118. The van der Waals surface area contributed by atoms with Gasteiger partial charge in [-0.15, -0.1) is 10.2 Å². The summed E-state index contributed by atoms with van der Waals surface area (Å²) in [5.41, 5.74) is 4.55. The first-order valence-corrected chi connectivity index (χ1v) is 11.1. The van der Waals surface area contributed by atoms with Crippen molar-refractivity contribution in [3.05, 3.63) is 65.7 Å². The second-order valence-electron chi connectivity index (χ2n) is 5.43. The molecule has 0 aliphatic rings. The molecule has 0 saturated carbocycles. The van der Waals surface area contributed by atoms with Gasteiger partial charge < -0.3 is 4.74 Å². The summed E-state index contributed by atoms with van der Waals surface area (Å²) in [6.07, 6.45) is 1.56. The molecular weight excluding hydrogens is 412 g/mol. The number of ether oxygens (including phenoxy) is 1. The summed E-state index contributed by atoms with van der Waals surface area (Å²) in [4.78, 5) is 12.0. The Labute approximate surface area is 175 Å². The number of rotatable bonds is 9. The number of amides is 1. The summed E-state index contributed by atoms with van der Waals surface area (Å²) in [6.45, 7) is 0. The van der Waals surface area contributed by atoms with Crippen molar-refractivity contribution in [2.75, 3.05) is 12.9 Å². The normalized spacial score (nSPS) is 10.9. The Morgan fingerprint density at radius 1 is 1.11 bits per heavy atom. The highest BCUT2D eigenvalue weighted by Gasteiger charge is 2.08. The standard InChI is InChI=1S/C19H18N4O2S3/c1-25-16-10-6-5-9-15(16)11-20-21-17(24)13-27-19-23-22-18(28-19)26-12-14-7-3-2-4-8-14/h2-11H,12-13H2,1H3,(H,21,24)/b20-11-. The van der Waals surface area contributed by atoms with Crippen molar-refractivity contribution in [2.24, 2.45) is 5.10 Å². The number of benzene rings is 2. The third-order valence-electron chi connectivity index (χ3n) is 3.45. The molecule has 9 heteroatoms. The summed E-state index contributed by atoms with van der Waals surface area (Å²) in [5.74, 6) is 1.56. The van der Waals surface area contributed by atoms with Crippen molar-refractivity contribution in [1.82, 2.24) is 15.6 Å². The molecule has 1 aromatic heterocycles. The monoisotopic (exact) mass is 430 g/mol. The van der Waals surface area contributed by atoms with E-state index >= 15 is 0 Å². The van der Waals surface area contributed by atoms with E-state index in [1.54, 1.807) is 25.1 Å². The number of nitrogens with one attached hydrogen (secondary N) is 1. The molecule has 1 heterocycles. The van der Waals surface area contributed by atoms with E-state index in [-0.39, 0.29) is 11.7 Å². The highest BCUT2D eigenvalue weighted by molar-refractivity contribution is 8.03. The van der Waals surface area contributed by atoms with Crippen LogP contribution >= 0.6 is 34.9 Å². The van der Waals surface area contributed by atoms with Gasteiger partial charge in [-0.3, -0.25) is 4.79 Å². The first kappa shape index (κ1) is 20.4. The highest BCUT2D eigenvalue weighted by atomic mass is 32.2. The Morgan fingerprint density at radius 2 is 1.82 bits per heavy atom. The van der Waals surface area contributed by atoms with Gasteiger partial charge in [0.2, 0.25) is 0 Å². The van der Waals surface area contributed by atoms with Crippen LogP contribution in [0.25, 0.3) is 0 Å². The summed E-state index contributed by atoms with van der Waals surface area (Å²) in [7, 11) is 1.59. The lowest BCUT2D eigenvalue weighted by atomic mass is 10.2. The van der Waals surface area contributed by atoms with Crippen LogP contribution in [0.15, 0.2) is 68.4 Å². The van der Waals surface area contributed by atoms with Crippen molar-refractivity contribution < 1.29 is 9.53 Å². The number of hydrazone groups is 1. The number of methoxy groups -OCH3 is 1. The lowest BCUT2D eigenvalue weighted by Gasteiger charge is -2.03. The maximum absolute atomic E-state index is 12.0. The van der Waals surface area contributed by atoms with Crippen LogP contribution in [0, 0.1) is 0 Å². The number of nitrogens with zero attached hydrogens (tertiary/aromatic N) is 3. The Bertz CT molecular complexity index is 932. The Kier molecular flexibility index (Phi) is 7.89. The van der Waals surface area contributed by atoms with Gasteiger partial charge in [0.1, 0.15) is 5.75 Å². The van der Waals surface area contributed by atoms with Crippen LogP contribution in [0.4, 0.5) is 0 Å². The van der Waals surface area contributed by atoms with E-state index in [1.165, 1.54) is 28.7 Å². The van der Waals surface area contributed by atoms with Gasteiger partial charge in [-0.1, -0.05) is 77.3 Å². The number of carbonyl (C=O) groups is 1. The molecule has 3 rings (SSSR count). The van der Waals surface area contributed by atoms with Gasteiger partial charge in [0.05, 0.1) is 19.1 Å². The molecule has 1 N–H and O–H groups in total. The number of para-hydroxylation sites is 1. The van der Waals surface area contributed by atoms with Crippen molar-refractivity contribution in [2.45, 2.75) is 14.4 Å². The second kappa shape index (κ2) is 10.8. The van der Waals surface area contributed by atoms with E-state index in [0.717, 1.165) is 20.0 Å². The third-order valence-corrected chi connectivity index (χ3v) is 6.71. The van der Waals surface area contributed by atoms with Crippen LogP contribution in [0.5, 0.6) is 5.75 Å². The number of hydrogen-bond acceptors (Lipinski definition) is 8.